The fourth-order valence-corrected chi connectivity index (χ4v) is 3.52. The van der Waals surface area contributed by atoms with Crippen LogP contribution in [-0.4, -0.2) is 16.8 Å². The van der Waals surface area contributed by atoms with Crippen LogP contribution in [0.25, 0.3) is 16.8 Å². The van der Waals surface area contributed by atoms with Crippen LogP contribution in [0.4, 0.5) is 13.2 Å². The maximum atomic E-state index is 12.7. The minimum atomic E-state index is -4.42. The Bertz CT molecular complexity index is 1230. The lowest BCUT2D eigenvalue weighted by Gasteiger charge is -2.11. The van der Waals surface area contributed by atoms with Gasteiger partial charge in [-0.1, -0.05) is 30.3 Å². The van der Waals surface area contributed by atoms with E-state index in [1.165, 1.54) is 12.1 Å². The van der Waals surface area contributed by atoms with E-state index in [1.54, 1.807) is 24.4 Å². The Labute approximate surface area is 181 Å². The number of carbonyl (C=O) groups is 2. The van der Waals surface area contributed by atoms with Crippen molar-refractivity contribution in [2.75, 3.05) is 0 Å². The van der Waals surface area contributed by atoms with Gasteiger partial charge in [-0.3, -0.25) is 14.6 Å². The molecule has 3 N–H and O–H groups in total. The van der Waals surface area contributed by atoms with Crippen molar-refractivity contribution in [3.05, 3.63) is 94.8 Å². The molecule has 0 aliphatic heterocycles. The van der Waals surface area contributed by atoms with Crippen LogP contribution in [0.1, 0.15) is 32.7 Å². The molecular formula is C24H18F3N3O2. The highest BCUT2D eigenvalue weighted by atomic mass is 19.4. The van der Waals surface area contributed by atoms with E-state index in [-0.39, 0.29) is 12.3 Å². The summed E-state index contributed by atoms with van der Waals surface area (Å²) in [5, 5.41) is 2.82. The van der Waals surface area contributed by atoms with Crippen molar-refractivity contribution in [2.24, 2.45) is 5.73 Å². The Balaban J connectivity index is 1.49. The first-order valence-electron chi connectivity index (χ1n) is 9.76. The molecule has 4 rings (SSSR count). The molecule has 32 heavy (non-hydrogen) atoms. The zero-order chi connectivity index (χ0) is 22.9. The number of pyridine rings is 1. The summed E-state index contributed by atoms with van der Waals surface area (Å²) in [6.45, 7) is 0. The Morgan fingerprint density at radius 1 is 1.03 bits per heavy atom. The molecule has 0 unspecified atom stereocenters. The molecule has 5 nitrogen and oxygen atoms in total. The van der Waals surface area contributed by atoms with E-state index < -0.39 is 17.6 Å². The summed E-state index contributed by atoms with van der Waals surface area (Å²) in [6.07, 6.45) is -0.391. The molecule has 0 spiro atoms. The molecule has 1 aromatic heterocycles. The number of primary amides is 1. The predicted octanol–water partition coefficient (Wildman–Crippen LogP) is 4.12. The molecule has 0 saturated carbocycles. The summed E-state index contributed by atoms with van der Waals surface area (Å²) in [4.78, 5) is 28.4. The summed E-state index contributed by atoms with van der Waals surface area (Å²) in [5.74, 6) is -0.873. The van der Waals surface area contributed by atoms with Gasteiger partial charge in [0.2, 0.25) is 11.8 Å². The highest BCUT2D eigenvalue weighted by molar-refractivity contribution is 5.94. The van der Waals surface area contributed by atoms with Crippen LogP contribution >= 0.6 is 0 Å². The van der Waals surface area contributed by atoms with Crippen LogP contribution < -0.4 is 11.1 Å². The number of benzene rings is 2. The van der Waals surface area contributed by atoms with Gasteiger partial charge in [0.1, 0.15) is 0 Å². The number of allylic oxidation sites excluding steroid dienone is 1. The van der Waals surface area contributed by atoms with Gasteiger partial charge in [-0.05, 0) is 41.5 Å². The number of nitrogens with one attached hydrogen (secondary N) is 1. The summed E-state index contributed by atoms with van der Waals surface area (Å²) in [5.41, 5.74) is 9.12. The lowest BCUT2D eigenvalue weighted by Crippen LogP contribution is -2.23. The first-order valence-corrected chi connectivity index (χ1v) is 9.76. The zero-order valence-corrected chi connectivity index (χ0v) is 16.7. The van der Waals surface area contributed by atoms with Gasteiger partial charge >= 0.3 is 6.18 Å². The zero-order valence-electron chi connectivity index (χ0n) is 16.7. The lowest BCUT2D eigenvalue weighted by molar-refractivity contribution is -0.137. The highest BCUT2D eigenvalue weighted by Crippen LogP contribution is 2.30. The summed E-state index contributed by atoms with van der Waals surface area (Å²) < 4.78 is 38.1. The van der Waals surface area contributed by atoms with Crippen LogP contribution in [0.15, 0.2) is 66.9 Å². The lowest BCUT2D eigenvalue weighted by atomic mass is 10.0. The average molecular weight is 437 g/mol. The number of nitrogens with zero attached hydrogens (tertiary/aromatic N) is 1. The van der Waals surface area contributed by atoms with Crippen molar-refractivity contribution >= 4 is 17.5 Å². The normalized spacial score (nSPS) is 12.8. The number of hydrogen-bond acceptors (Lipinski definition) is 3. The molecule has 1 aliphatic carbocycles. The van der Waals surface area contributed by atoms with Gasteiger partial charge in [0, 0.05) is 35.0 Å². The summed E-state index contributed by atoms with van der Waals surface area (Å²) in [7, 11) is 0. The van der Waals surface area contributed by atoms with E-state index in [0.29, 0.717) is 23.2 Å². The molecular weight excluding hydrogens is 419 g/mol. The number of aromatic nitrogens is 1. The Morgan fingerprint density at radius 2 is 1.78 bits per heavy atom. The van der Waals surface area contributed by atoms with Gasteiger partial charge in [0.15, 0.2) is 0 Å². The Kier molecular flexibility index (Phi) is 5.52. The Morgan fingerprint density at radius 3 is 2.47 bits per heavy atom. The third-order valence-corrected chi connectivity index (χ3v) is 5.16. The van der Waals surface area contributed by atoms with E-state index in [0.717, 1.165) is 34.5 Å². The number of fused-ring (bicyclic) bond motifs is 1. The van der Waals surface area contributed by atoms with Crippen molar-refractivity contribution in [1.82, 2.24) is 10.3 Å². The van der Waals surface area contributed by atoms with Gasteiger partial charge < -0.3 is 11.1 Å². The molecule has 0 radical (unpaired) electrons. The van der Waals surface area contributed by atoms with Crippen molar-refractivity contribution in [3.8, 4) is 11.1 Å². The standard InChI is InChI=1S/C24H18F3N3O2/c25-24(26,27)18-6-4-14(5-7-18)10-22(31)30-21-9-8-20-19(21)12-17(13-29-20)15-2-1-3-16(11-15)23(28)32/h1-7,9,11-13H,8,10H2,(H2,28,32)(H,30,31). The molecule has 0 bridgehead atoms. The molecule has 3 aromatic rings. The van der Waals surface area contributed by atoms with Gasteiger partial charge in [0.05, 0.1) is 17.7 Å². The fraction of sp³-hybridized carbons (Fsp3) is 0.125. The van der Waals surface area contributed by atoms with Crippen LogP contribution in [0.2, 0.25) is 0 Å². The van der Waals surface area contributed by atoms with Crippen molar-refractivity contribution < 1.29 is 22.8 Å². The smallest absolute Gasteiger partial charge is 0.366 e. The second kappa shape index (κ2) is 8.30. The number of hydrogen-bond donors (Lipinski definition) is 2. The molecule has 0 fully saturated rings. The van der Waals surface area contributed by atoms with Crippen molar-refractivity contribution in [2.45, 2.75) is 19.0 Å². The van der Waals surface area contributed by atoms with Crippen LogP contribution in [0.3, 0.4) is 0 Å². The van der Waals surface area contributed by atoms with E-state index in [2.05, 4.69) is 10.3 Å². The summed E-state index contributed by atoms with van der Waals surface area (Å²) in [6, 6.07) is 13.2. The van der Waals surface area contributed by atoms with Gasteiger partial charge in [0.25, 0.3) is 0 Å². The summed E-state index contributed by atoms with van der Waals surface area (Å²) >= 11 is 0. The molecule has 1 aliphatic rings. The predicted molar refractivity (Wildman–Crippen MR) is 113 cm³/mol. The molecule has 0 atom stereocenters. The second-order valence-electron chi connectivity index (χ2n) is 7.40. The molecule has 2 amide bonds. The SMILES string of the molecule is NC(=O)c1cccc(-c2cnc3c(c2)C(NC(=O)Cc2ccc(C(F)(F)F)cc2)=CC3)c1. The molecule has 1 heterocycles. The highest BCUT2D eigenvalue weighted by Gasteiger charge is 2.30. The number of nitrogens with two attached hydrogens (primary N) is 1. The number of alkyl halides is 3. The van der Waals surface area contributed by atoms with Crippen LogP contribution in [0, 0.1) is 0 Å². The maximum absolute atomic E-state index is 12.7. The van der Waals surface area contributed by atoms with Gasteiger partial charge in [-0.15, -0.1) is 0 Å². The van der Waals surface area contributed by atoms with E-state index >= 15 is 0 Å². The third-order valence-electron chi connectivity index (χ3n) is 5.16. The monoisotopic (exact) mass is 437 g/mol. The first kappa shape index (κ1) is 21.3. The molecule has 162 valence electrons. The fourth-order valence-electron chi connectivity index (χ4n) is 3.52. The minimum Gasteiger partial charge on any atom is -0.366 e. The van der Waals surface area contributed by atoms with Gasteiger partial charge in [-0.25, -0.2) is 0 Å². The van der Waals surface area contributed by atoms with Crippen LogP contribution in [-0.2, 0) is 23.8 Å². The number of amides is 2. The number of carbonyl (C=O) groups excluding carboxylic acids is 2. The number of rotatable bonds is 5. The van der Waals surface area contributed by atoms with Crippen molar-refractivity contribution in [3.63, 3.8) is 0 Å². The van der Waals surface area contributed by atoms with Crippen molar-refractivity contribution in [1.29, 1.82) is 0 Å². The Hall–Kier alpha value is -3.94. The molecule has 0 saturated heterocycles. The first-order chi connectivity index (χ1) is 15.2. The van der Waals surface area contributed by atoms with Crippen LogP contribution in [0.5, 0.6) is 0 Å². The third kappa shape index (κ3) is 4.54. The topological polar surface area (TPSA) is 85.1 Å². The quantitative estimate of drug-likeness (QED) is 0.630. The van der Waals surface area contributed by atoms with Gasteiger partial charge in [-0.2, -0.15) is 13.2 Å². The van der Waals surface area contributed by atoms with E-state index in [1.807, 2.05) is 18.2 Å². The number of halogens is 3. The minimum absolute atomic E-state index is 0.0570. The second-order valence-corrected chi connectivity index (χ2v) is 7.40. The molecule has 2 aromatic carbocycles. The van der Waals surface area contributed by atoms with E-state index in [4.69, 9.17) is 5.73 Å². The van der Waals surface area contributed by atoms with E-state index in [9.17, 15) is 22.8 Å². The molecule has 8 heteroatoms. The maximum Gasteiger partial charge on any atom is 0.416 e. The largest absolute Gasteiger partial charge is 0.416 e. The average Bonchev–Trinajstić information content (AvgIpc) is 3.15.